The number of rotatable bonds is 1. The van der Waals surface area contributed by atoms with Crippen molar-refractivity contribution in [1.29, 1.82) is 0 Å². The first-order valence-electron chi connectivity index (χ1n) is 3.79. The van der Waals surface area contributed by atoms with Crippen LogP contribution in [0.1, 0.15) is 19.3 Å². The van der Waals surface area contributed by atoms with Gasteiger partial charge in [-0.25, -0.2) is 0 Å². The van der Waals surface area contributed by atoms with Gasteiger partial charge in [0.2, 0.25) is 0 Å². The number of ether oxygens (including phenoxy) is 2. The lowest BCUT2D eigenvalue weighted by Crippen LogP contribution is -2.19. The highest BCUT2D eigenvalue weighted by molar-refractivity contribution is 7.79. The zero-order valence-corrected chi connectivity index (χ0v) is 7.23. The van der Waals surface area contributed by atoms with Gasteiger partial charge in [-0.1, -0.05) is 12.7 Å². The predicted octanol–water partition coefficient (Wildman–Crippen LogP) is 2.04. The molecule has 0 aromatic carbocycles. The molecule has 0 radical (unpaired) electrons. The Bertz CT molecular complexity index is 156. The van der Waals surface area contributed by atoms with Crippen LogP contribution in [0.3, 0.4) is 0 Å². The Hall–Kier alpha value is -0.570. The summed E-state index contributed by atoms with van der Waals surface area (Å²) in [4.78, 5) is 0. The van der Waals surface area contributed by atoms with Crippen LogP contribution in [0, 0.1) is 0 Å². The van der Waals surface area contributed by atoms with Gasteiger partial charge in [0.25, 0.3) is 0 Å². The third kappa shape index (κ3) is 2.89. The zero-order chi connectivity index (χ0) is 8.10. The smallest absolute Gasteiger partial charge is 0.352 e. The van der Waals surface area contributed by atoms with Gasteiger partial charge >= 0.3 is 5.24 Å². The van der Waals surface area contributed by atoms with Crippen molar-refractivity contribution in [2.45, 2.75) is 25.4 Å². The van der Waals surface area contributed by atoms with Crippen molar-refractivity contribution < 1.29 is 9.47 Å². The topological polar surface area (TPSA) is 18.5 Å². The van der Waals surface area contributed by atoms with Gasteiger partial charge in [-0.3, -0.25) is 0 Å². The zero-order valence-electron chi connectivity index (χ0n) is 6.41. The van der Waals surface area contributed by atoms with Gasteiger partial charge in [0, 0.05) is 12.2 Å². The van der Waals surface area contributed by atoms with Crippen molar-refractivity contribution in [2.24, 2.45) is 0 Å². The van der Waals surface area contributed by atoms with E-state index < -0.39 is 0 Å². The number of thiocarbonyl (C=S) groups is 1. The van der Waals surface area contributed by atoms with E-state index in [1.807, 2.05) is 0 Å². The molecule has 0 amide bonds. The summed E-state index contributed by atoms with van der Waals surface area (Å²) in [6, 6.07) is 0. The number of hydrogen-bond donors (Lipinski definition) is 0. The molecule has 1 heterocycles. The van der Waals surface area contributed by atoms with E-state index in [9.17, 15) is 0 Å². The molecule has 1 saturated heterocycles. The Balaban J connectivity index is 2.41. The van der Waals surface area contributed by atoms with Crippen molar-refractivity contribution in [1.82, 2.24) is 0 Å². The highest BCUT2D eigenvalue weighted by Gasteiger charge is 2.11. The van der Waals surface area contributed by atoms with Gasteiger partial charge in [0.05, 0.1) is 6.61 Å². The molecule has 1 rings (SSSR count). The third-order valence-electron chi connectivity index (χ3n) is 1.61. The van der Waals surface area contributed by atoms with Gasteiger partial charge in [-0.2, -0.15) is 0 Å². The average Bonchev–Trinajstić information content (AvgIpc) is 1.96. The second kappa shape index (κ2) is 4.34. The molecule has 0 aromatic rings. The Morgan fingerprint density at radius 1 is 1.55 bits per heavy atom. The summed E-state index contributed by atoms with van der Waals surface area (Å²) in [6.45, 7) is 4.33. The maximum absolute atomic E-state index is 5.23. The summed E-state index contributed by atoms with van der Waals surface area (Å²) >= 11 is 4.80. The number of hydrogen-bond acceptors (Lipinski definition) is 3. The predicted molar refractivity (Wildman–Crippen MR) is 47.5 cm³/mol. The molecular formula is C8H12O2S. The van der Waals surface area contributed by atoms with Crippen LogP contribution < -0.4 is 0 Å². The second-order valence-corrected chi connectivity index (χ2v) is 2.82. The summed E-state index contributed by atoms with van der Waals surface area (Å²) in [5.74, 6) is 0. The van der Waals surface area contributed by atoms with E-state index in [0.29, 0.717) is 6.61 Å². The van der Waals surface area contributed by atoms with Crippen LogP contribution in [0.4, 0.5) is 0 Å². The monoisotopic (exact) mass is 172 g/mol. The van der Waals surface area contributed by atoms with Crippen LogP contribution in [0.2, 0.25) is 0 Å². The Labute approximate surface area is 72.2 Å². The summed E-state index contributed by atoms with van der Waals surface area (Å²) in [7, 11) is 0. The van der Waals surface area contributed by atoms with E-state index in [2.05, 4.69) is 6.58 Å². The molecule has 0 aliphatic carbocycles. The van der Waals surface area contributed by atoms with E-state index in [-0.39, 0.29) is 11.3 Å². The summed E-state index contributed by atoms with van der Waals surface area (Å²) < 4.78 is 10.3. The highest BCUT2D eigenvalue weighted by atomic mass is 32.1. The normalized spacial score (nSPS) is 25.8. The van der Waals surface area contributed by atoms with Crippen LogP contribution in [-0.2, 0) is 9.47 Å². The van der Waals surface area contributed by atoms with Crippen molar-refractivity contribution in [3.63, 3.8) is 0 Å². The maximum Gasteiger partial charge on any atom is 0.352 e. The Kier molecular flexibility index (Phi) is 3.36. The van der Waals surface area contributed by atoms with Crippen LogP contribution in [0.15, 0.2) is 12.7 Å². The van der Waals surface area contributed by atoms with Gasteiger partial charge in [-0.15, -0.1) is 0 Å². The summed E-state index contributed by atoms with van der Waals surface area (Å²) in [5.41, 5.74) is 0. The third-order valence-corrected chi connectivity index (χ3v) is 1.83. The van der Waals surface area contributed by atoms with Gasteiger partial charge < -0.3 is 9.47 Å². The lowest BCUT2D eigenvalue weighted by atomic mass is 10.1. The fourth-order valence-electron chi connectivity index (χ4n) is 0.986. The molecule has 1 aliphatic rings. The minimum atomic E-state index is 0.0443. The van der Waals surface area contributed by atoms with Gasteiger partial charge in [-0.05, 0) is 19.3 Å². The standard InChI is InChI=1S/C8H12O2S/c1-2-7-5-3-4-6-9-8(11)10-7/h2,7H,1,3-6H2. The summed E-state index contributed by atoms with van der Waals surface area (Å²) in [5, 5.41) is 0.259. The second-order valence-electron chi connectivity index (χ2n) is 2.49. The molecule has 62 valence electrons. The fraction of sp³-hybridized carbons (Fsp3) is 0.625. The van der Waals surface area contributed by atoms with E-state index in [0.717, 1.165) is 19.3 Å². The molecule has 1 atom stereocenters. The van der Waals surface area contributed by atoms with E-state index in [4.69, 9.17) is 21.7 Å². The SMILES string of the molecule is C=CC1CCCCOC(=S)O1. The first kappa shape index (κ1) is 8.53. The lowest BCUT2D eigenvalue weighted by molar-refractivity contribution is 0.116. The summed E-state index contributed by atoms with van der Waals surface area (Å²) in [6.07, 6.45) is 4.96. The lowest BCUT2D eigenvalue weighted by Gasteiger charge is -2.18. The van der Waals surface area contributed by atoms with E-state index >= 15 is 0 Å². The van der Waals surface area contributed by atoms with Crippen molar-refractivity contribution in [3.05, 3.63) is 12.7 Å². The molecule has 1 unspecified atom stereocenters. The molecule has 3 heteroatoms. The first-order chi connectivity index (χ1) is 5.33. The van der Waals surface area contributed by atoms with Gasteiger partial charge in [0.15, 0.2) is 0 Å². The van der Waals surface area contributed by atoms with Gasteiger partial charge in [0.1, 0.15) is 6.10 Å². The molecule has 11 heavy (non-hydrogen) atoms. The molecule has 1 fully saturated rings. The molecule has 0 aromatic heterocycles. The molecule has 2 nitrogen and oxygen atoms in total. The average molecular weight is 172 g/mol. The minimum Gasteiger partial charge on any atom is -0.457 e. The highest BCUT2D eigenvalue weighted by Crippen LogP contribution is 2.10. The van der Waals surface area contributed by atoms with Crippen molar-refractivity contribution >= 4 is 17.5 Å². The Morgan fingerprint density at radius 2 is 2.36 bits per heavy atom. The van der Waals surface area contributed by atoms with E-state index in [1.54, 1.807) is 6.08 Å². The maximum atomic E-state index is 5.23. The minimum absolute atomic E-state index is 0.0443. The molecular weight excluding hydrogens is 160 g/mol. The van der Waals surface area contributed by atoms with Crippen LogP contribution in [0.25, 0.3) is 0 Å². The van der Waals surface area contributed by atoms with Crippen molar-refractivity contribution in [2.75, 3.05) is 6.61 Å². The molecule has 0 saturated carbocycles. The molecule has 0 spiro atoms. The Morgan fingerprint density at radius 3 is 3.09 bits per heavy atom. The quantitative estimate of drug-likeness (QED) is 0.445. The van der Waals surface area contributed by atoms with Crippen LogP contribution >= 0.6 is 12.2 Å². The first-order valence-corrected chi connectivity index (χ1v) is 4.19. The molecule has 0 bridgehead atoms. The fourth-order valence-corrected chi connectivity index (χ4v) is 1.19. The van der Waals surface area contributed by atoms with E-state index in [1.165, 1.54) is 0 Å². The largest absolute Gasteiger partial charge is 0.457 e. The van der Waals surface area contributed by atoms with Crippen molar-refractivity contribution in [3.8, 4) is 0 Å². The molecule has 1 aliphatic heterocycles. The van der Waals surface area contributed by atoms with Crippen LogP contribution in [-0.4, -0.2) is 17.9 Å². The van der Waals surface area contributed by atoms with Crippen LogP contribution in [0.5, 0.6) is 0 Å². The molecule has 0 N–H and O–H groups in total.